The topological polar surface area (TPSA) is 44.1 Å². The fraction of sp³-hybridized carbons (Fsp3) is 0.167. The molecule has 0 radical (unpaired) electrons. The summed E-state index contributed by atoms with van der Waals surface area (Å²) in [6, 6.07) is 9.13. The van der Waals surface area contributed by atoms with Gasteiger partial charge in [-0.1, -0.05) is 0 Å². The highest BCUT2D eigenvalue weighted by atomic mass is 16.5. The van der Waals surface area contributed by atoms with Crippen LogP contribution in [-0.2, 0) is 0 Å². The van der Waals surface area contributed by atoms with Gasteiger partial charge < -0.3 is 4.74 Å². The van der Waals surface area contributed by atoms with Crippen LogP contribution in [0.25, 0.3) is 5.69 Å². The van der Waals surface area contributed by atoms with Crippen molar-refractivity contribution >= 4 is 6.29 Å². The van der Waals surface area contributed by atoms with E-state index in [0.29, 0.717) is 5.69 Å². The van der Waals surface area contributed by atoms with Gasteiger partial charge in [-0.3, -0.25) is 4.79 Å². The fourth-order valence-corrected chi connectivity index (χ4v) is 1.53. The number of aryl methyl sites for hydroxylation is 1. The Morgan fingerprint density at radius 3 is 2.56 bits per heavy atom. The maximum absolute atomic E-state index is 10.9. The highest BCUT2D eigenvalue weighted by molar-refractivity contribution is 5.73. The van der Waals surface area contributed by atoms with Crippen molar-refractivity contribution in [1.82, 2.24) is 9.78 Å². The van der Waals surface area contributed by atoms with Crippen LogP contribution in [0.4, 0.5) is 0 Å². The largest absolute Gasteiger partial charge is 0.497 e. The van der Waals surface area contributed by atoms with Crippen LogP contribution in [0.5, 0.6) is 5.75 Å². The molecule has 82 valence electrons. The maximum atomic E-state index is 10.9. The zero-order valence-electron chi connectivity index (χ0n) is 9.18. The molecule has 0 aliphatic heterocycles. The molecule has 1 heterocycles. The van der Waals surface area contributed by atoms with Gasteiger partial charge in [0.15, 0.2) is 6.29 Å². The van der Waals surface area contributed by atoms with Gasteiger partial charge in [0, 0.05) is 0 Å². The minimum atomic E-state index is 0.544. The van der Waals surface area contributed by atoms with Gasteiger partial charge in [0.1, 0.15) is 11.4 Å². The Morgan fingerprint density at radius 1 is 1.31 bits per heavy atom. The lowest BCUT2D eigenvalue weighted by atomic mass is 10.3. The number of benzene rings is 1. The molecule has 0 fully saturated rings. The number of methoxy groups -OCH3 is 1. The van der Waals surface area contributed by atoms with Crippen molar-refractivity contribution in [2.45, 2.75) is 6.92 Å². The van der Waals surface area contributed by atoms with E-state index in [9.17, 15) is 4.79 Å². The summed E-state index contributed by atoms with van der Waals surface area (Å²) in [4.78, 5) is 10.9. The molecule has 0 saturated carbocycles. The van der Waals surface area contributed by atoms with Crippen molar-refractivity contribution in [3.8, 4) is 11.4 Å². The zero-order valence-corrected chi connectivity index (χ0v) is 9.18. The Hall–Kier alpha value is -2.10. The quantitative estimate of drug-likeness (QED) is 0.737. The number of carbonyl (C=O) groups excluding carboxylic acids is 1. The van der Waals surface area contributed by atoms with E-state index < -0.39 is 0 Å². The van der Waals surface area contributed by atoms with Crippen LogP contribution in [0.3, 0.4) is 0 Å². The first-order valence-corrected chi connectivity index (χ1v) is 4.91. The average molecular weight is 216 g/mol. The number of hydrogen-bond donors (Lipinski definition) is 0. The van der Waals surface area contributed by atoms with Crippen molar-refractivity contribution in [3.63, 3.8) is 0 Å². The van der Waals surface area contributed by atoms with Crippen LogP contribution >= 0.6 is 0 Å². The van der Waals surface area contributed by atoms with Crippen LogP contribution < -0.4 is 4.74 Å². The number of nitrogens with zero attached hydrogens (tertiary/aromatic N) is 2. The molecule has 16 heavy (non-hydrogen) atoms. The van der Waals surface area contributed by atoms with Gasteiger partial charge in [-0.15, -0.1) is 0 Å². The molecule has 1 aromatic carbocycles. The number of hydrogen-bond acceptors (Lipinski definition) is 3. The molecule has 0 amide bonds. The fourth-order valence-electron chi connectivity index (χ4n) is 1.53. The number of aldehydes is 1. The molecular weight excluding hydrogens is 204 g/mol. The molecular formula is C12H12N2O2. The second-order valence-corrected chi connectivity index (χ2v) is 3.44. The summed E-state index contributed by atoms with van der Waals surface area (Å²) in [5.74, 6) is 0.778. The average Bonchev–Trinajstić information content (AvgIpc) is 2.70. The first kappa shape index (κ1) is 10.4. The van der Waals surface area contributed by atoms with Crippen molar-refractivity contribution in [3.05, 3.63) is 41.7 Å². The van der Waals surface area contributed by atoms with E-state index in [1.54, 1.807) is 17.9 Å². The van der Waals surface area contributed by atoms with Gasteiger partial charge in [0.25, 0.3) is 0 Å². The highest BCUT2D eigenvalue weighted by Crippen LogP contribution is 2.16. The second kappa shape index (κ2) is 4.18. The van der Waals surface area contributed by atoms with Crippen molar-refractivity contribution in [2.24, 2.45) is 0 Å². The summed E-state index contributed by atoms with van der Waals surface area (Å²) in [5.41, 5.74) is 2.21. The minimum Gasteiger partial charge on any atom is -0.497 e. The molecule has 2 aromatic rings. The summed E-state index contributed by atoms with van der Waals surface area (Å²) in [5, 5.41) is 4.25. The summed E-state index contributed by atoms with van der Waals surface area (Å²) in [6.45, 7) is 1.85. The molecule has 4 heteroatoms. The third-order valence-corrected chi connectivity index (χ3v) is 2.30. The summed E-state index contributed by atoms with van der Waals surface area (Å²) in [6.07, 6.45) is 0.796. The van der Waals surface area contributed by atoms with Gasteiger partial charge in [-0.05, 0) is 37.3 Å². The highest BCUT2D eigenvalue weighted by Gasteiger charge is 2.06. The minimum absolute atomic E-state index is 0.544. The molecule has 4 nitrogen and oxygen atoms in total. The SMILES string of the molecule is COc1ccc(-n2nc(C)cc2C=O)cc1. The zero-order chi connectivity index (χ0) is 11.5. The smallest absolute Gasteiger partial charge is 0.168 e. The van der Waals surface area contributed by atoms with E-state index in [2.05, 4.69) is 5.10 Å². The molecule has 1 aromatic heterocycles. The third-order valence-electron chi connectivity index (χ3n) is 2.30. The lowest BCUT2D eigenvalue weighted by Crippen LogP contribution is -2.01. The van der Waals surface area contributed by atoms with Crippen molar-refractivity contribution in [1.29, 1.82) is 0 Å². The third kappa shape index (κ3) is 1.82. The Kier molecular flexibility index (Phi) is 2.72. The lowest BCUT2D eigenvalue weighted by Gasteiger charge is -2.04. The monoisotopic (exact) mass is 216 g/mol. The van der Waals surface area contributed by atoms with E-state index in [0.717, 1.165) is 23.4 Å². The molecule has 0 N–H and O–H groups in total. The summed E-state index contributed by atoms with van der Waals surface area (Å²) in [7, 11) is 1.61. The van der Waals surface area contributed by atoms with Crippen molar-refractivity contribution < 1.29 is 9.53 Å². The van der Waals surface area contributed by atoms with E-state index in [4.69, 9.17) is 4.74 Å². The van der Waals surface area contributed by atoms with Crippen molar-refractivity contribution in [2.75, 3.05) is 7.11 Å². The molecule has 0 aliphatic rings. The Morgan fingerprint density at radius 2 is 2.00 bits per heavy atom. The van der Waals surface area contributed by atoms with Gasteiger partial charge in [0.05, 0.1) is 18.5 Å². The van der Waals surface area contributed by atoms with Crippen LogP contribution in [-0.4, -0.2) is 23.2 Å². The number of aromatic nitrogens is 2. The number of ether oxygens (including phenoxy) is 1. The predicted molar refractivity (Wildman–Crippen MR) is 60.2 cm³/mol. The second-order valence-electron chi connectivity index (χ2n) is 3.44. The van der Waals surface area contributed by atoms with Gasteiger partial charge in [-0.2, -0.15) is 5.10 Å². The van der Waals surface area contributed by atoms with Gasteiger partial charge >= 0.3 is 0 Å². The molecule has 0 spiro atoms. The molecule has 0 atom stereocenters. The Labute approximate surface area is 93.5 Å². The first-order chi connectivity index (χ1) is 7.74. The van der Waals surface area contributed by atoms with Crippen LogP contribution in [0, 0.1) is 6.92 Å². The molecule has 0 aliphatic carbocycles. The summed E-state index contributed by atoms with van der Waals surface area (Å²) >= 11 is 0. The van der Waals surface area contributed by atoms with Crippen LogP contribution in [0.2, 0.25) is 0 Å². The van der Waals surface area contributed by atoms with Crippen LogP contribution in [0.15, 0.2) is 30.3 Å². The lowest BCUT2D eigenvalue weighted by molar-refractivity contribution is 0.111. The number of rotatable bonds is 3. The molecule has 2 rings (SSSR count). The Bertz CT molecular complexity index is 500. The number of carbonyl (C=O) groups is 1. The van der Waals surface area contributed by atoms with E-state index in [-0.39, 0.29) is 0 Å². The molecule has 0 unspecified atom stereocenters. The van der Waals surface area contributed by atoms with E-state index in [1.165, 1.54) is 0 Å². The predicted octanol–water partition coefficient (Wildman–Crippen LogP) is 2.00. The molecule has 0 saturated heterocycles. The maximum Gasteiger partial charge on any atom is 0.168 e. The van der Waals surface area contributed by atoms with E-state index >= 15 is 0 Å². The van der Waals surface area contributed by atoms with Gasteiger partial charge in [0.2, 0.25) is 0 Å². The van der Waals surface area contributed by atoms with Crippen LogP contribution in [0.1, 0.15) is 16.2 Å². The first-order valence-electron chi connectivity index (χ1n) is 4.91. The standard InChI is InChI=1S/C12H12N2O2/c1-9-7-11(8-15)14(13-9)10-3-5-12(16-2)6-4-10/h3-8H,1-2H3. The normalized spacial score (nSPS) is 10.1. The summed E-state index contributed by atoms with van der Waals surface area (Å²) < 4.78 is 6.68. The van der Waals surface area contributed by atoms with E-state index in [1.807, 2.05) is 31.2 Å². The molecule has 0 bridgehead atoms. The Balaban J connectivity index is 2.45. The van der Waals surface area contributed by atoms with Gasteiger partial charge in [-0.25, -0.2) is 4.68 Å².